The third-order valence-electron chi connectivity index (χ3n) is 3.60. The first-order valence-corrected chi connectivity index (χ1v) is 7.81. The van der Waals surface area contributed by atoms with Gasteiger partial charge in [-0.2, -0.15) is 0 Å². The lowest BCUT2D eigenvalue weighted by atomic mass is 9.96. The van der Waals surface area contributed by atoms with E-state index in [-0.39, 0.29) is 0 Å². The van der Waals surface area contributed by atoms with E-state index in [0.29, 0.717) is 0 Å². The molecular formula is C16H34. The van der Waals surface area contributed by atoms with Crippen molar-refractivity contribution in [2.75, 3.05) is 0 Å². The van der Waals surface area contributed by atoms with Gasteiger partial charge in [-0.15, -0.1) is 0 Å². The van der Waals surface area contributed by atoms with Crippen LogP contribution in [0.25, 0.3) is 0 Å². The highest BCUT2D eigenvalue weighted by atomic mass is 14.1. The first-order valence-electron chi connectivity index (χ1n) is 7.81. The van der Waals surface area contributed by atoms with Gasteiger partial charge in [-0.1, -0.05) is 97.8 Å². The van der Waals surface area contributed by atoms with Gasteiger partial charge in [-0.05, 0) is 5.92 Å². The van der Waals surface area contributed by atoms with Crippen LogP contribution in [-0.2, 0) is 0 Å². The average Bonchev–Trinajstić information content (AvgIpc) is 2.28. The molecule has 98 valence electrons. The molecule has 0 aliphatic rings. The second kappa shape index (κ2) is 13.1. The minimum Gasteiger partial charge on any atom is -0.0654 e. The molecule has 0 aromatic heterocycles. The molecule has 16 heavy (non-hydrogen) atoms. The van der Waals surface area contributed by atoms with E-state index in [1.165, 1.54) is 77.0 Å². The van der Waals surface area contributed by atoms with Gasteiger partial charge in [0.2, 0.25) is 0 Å². The molecule has 0 aliphatic carbocycles. The summed E-state index contributed by atoms with van der Waals surface area (Å²) in [7, 11) is 0. The van der Waals surface area contributed by atoms with Crippen LogP contribution in [0.5, 0.6) is 0 Å². The molecule has 0 heterocycles. The van der Waals surface area contributed by atoms with Gasteiger partial charge in [0, 0.05) is 0 Å². The van der Waals surface area contributed by atoms with Crippen molar-refractivity contribution in [3.8, 4) is 0 Å². The van der Waals surface area contributed by atoms with Gasteiger partial charge in [-0.25, -0.2) is 0 Å². The van der Waals surface area contributed by atoms with Crippen molar-refractivity contribution in [1.29, 1.82) is 0 Å². The maximum atomic E-state index is 2.44. The molecule has 0 nitrogen and oxygen atoms in total. The summed E-state index contributed by atoms with van der Waals surface area (Å²) in [6.07, 6.45) is 17.3. The molecule has 0 saturated heterocycles. The summed E-state index contributed by atoms with van der Waals surface area (Å²) < 4.78 is 0. The van der Waals surface area contributed by atoms with Gasteiger partial charge >= 0.3 is 0 Å². The van der Waals surface area contributed by atoms with Crippen molar-refractivity contribution in [2.45, 2.75) is 97.8 Å². The Labute approximate surface area is 104 Å². The van der Waals surface area contributed by atoms with Crippen LogP contribution in [0.4, 0.5) is 0 Å². The van der Waals surface area contributed by atoms with Gasteiger partial charge in [0.15, 0.2) is 0 Å². The molecule has 0 N–H and O–H groups in total. The van der Waals surface area contributed by atoms with E-state index in [0.717, 1.165) is 5.92 Å². The highest BCUT2D eigenvalue weighted by Gasteiger charge is 2.01. The topological polar surface area (TPSA) is 0 Å². The van der Waals surface area contributed by atoms with Gasteiger partial charge in [0.25, 0.3) is 0 Å². The van der Waals surface area contributed by atoms with Crippen molar-refractivity contribution in [3.05, 3.63) is 0 Å². The van der Waals surface area contributed by atoms with Crippen LogP contribution in [0.15, 0.2) is 0 Å². The summed E-state index contributed by atoms with van der Waals surface area (Å²) in [5.74, 6) is 0.974. The molecule has 0 amide bonds. The molecule has 0 saturated carbocycles. The fourth-order valence-corrected chi connectivity index (χ4v) is 2.34. The highest BCUT2D eigenvalue weighted by molar-refractivity contribution is 4.55. The van der Waals surface area contributed by atoms with Gasteiger partial charge < -0.3 is 0 Å². The number of rotatable bonds is 12. The molecule has 0 aliphatic heterocycles. The third-order valence-corrected chi connectivity index (χ3v) is 3.60. The van der Waals surface area contributed by atoms with Crippen molar-refractivity contribution < 1.29 is 0 Å². The Morgan fingerprint density at radius 2 is 0.938 bits per heavy atom. The maximum absolute atomic E-state index is 2.44. The molecule has 0 aromatic rings. The van der Waals surface area contributed by atoms with Gasteiger partial charge in [0.1, 0.15) is 0 Å². The van der Waals surface area contributed by atoms with Crippen molar-refractivity contribution in [2.24, 2.45) is 5.92 Å². The second-order valence-electron chi connectivity index (χ2n) is 5.51. The predicted octanol–water partition coefficient (Wildman–Crippen LogP) is 6.34. The van der Waals surface area contributed by atoms with E-state index in [4.69, 9.17) is 0 Å². The predicted molar refractivity (Wildman–Crippen MR) is 75.9 cm³/mol. The van der Waals surface area contributed by atoms with Crippen molar-refractivity contribution in [1.82, 2.24) is 0 Å². The summed E-state index contributed by atoms with van der Waals surface area (Å²) in [5, 5.41) is 0. The van der Waals surface area contributed by atoms with Crippen molar-refractivity contribution >= 4 is 0 Å². The standard InChI is InChI=1S/C16H34/c1-4-6-8-9-10-11-13-15-16(3)14-12-7-5-2/h16H,4-15H2,1-3H3/t16-/m1/s1. The largest absolute Gasteiger partial charge is 0.0654 e. The van der Waals surface area contributed by atoms with E-state index in [9.17, 15) is 0 Å². The van der Waals surface area contributed by atoms with Gasteiger partial charge in [-0.3, -0.25) is 0 Å². The van der Waals surface area contributed by atoms with E-state index >= 15 is 0 Å². The number of hydrogen-bond donors (Lipinski definition) is 0. The van der Waals surface area contributed by atoms with E-state index in [1.54, 1.807) is 0 Å². The Balaban J connectivity index is 3.06. The SMILES string of the molecule is CCCCCCCCC[C@H](C)CCCCC. The van der Waals surface area contributed by atoms with Gasteiger partial charge in [0.05, 0.1) is 0 Å². The minimum atomic E-state index is 0.974. The van der Waals surface area contributed by atoms with E-state index in [1.807, 2.05) is 0 Å². The fourth-order valence-electron chi connectivity index (χ4n) is 2.34. The lowest BCUT2D eigenvalue weighted by molar-refractivity contribution is 0.436. The van der Waals surface area contributed by atoms with Crippen LogP contribution in [0.1, 0.15) is 97.8 Å². The van der Waals surface area contributed by atoms with Crippen LogP contribution in [0.2, 0.25) is 0 Å². The molecule has 0 spiro atoms. The summed E-state index contributed by atoms with van der Waals surface area (Å²) in [5.41, 5.74) is 0. The quantitative estimate of drug-likeness (QED) is 0.340. The average molecular weight is 226 g/mol. The summed E-state index contributed by atoms with van der Waals surface area (Å²) in [6.45, 7) is 7.02. The maximum Gasteiger partial charge on any atom is -0.0443 e. The van der Waals surface area contributed by atoms with Crippen molar-refractivity contribution in [3.63, 3.8) is 0 Å². The lowest BCUT2D eigenvalue weighted by Crippen LogP contribution is -1.94. The molecule has 0 heteroatoms. The Hall–Kier alpha value is 0. The highest BCUT2D eigenvalue weighted by Crippen LogP contribution is 2.17. The first kappa shape index (κ1) is 16.0. The van der Waals surface area contributed by atoms with Crippen LogP contribution < -0.4 is 0 Å². The number of unbranched alkanes of at least 4 members (excludes halogenated alkanes) is 8. The molecule has 0 aromatic carbocycles. The molecule has 0 rings (SSSR count). The summed E-state index contributed by atoms with van der Waals surface area (Å²) in [6, 6.07) is 0. The summed E-state index contributed by atoms with van der Waals surface area (Å²) in [4.78, 5) is 0. The lowest BCUT2D eigenvalue weighted by Gasteiger charge is -2.10. The smallest absolute Gasteiger partial charge is 0.0443 e. The van der Waals surface area contributed by atoms with E-state index in [2.05, 4.69) is 20.8 Å². The van der Waals surface area contributed by atoms with Crippen LogP contribution >= 0.6 is 0 Å². The fraction of sp³-hybridized carbons (Fsp3) is 1.00. The van der Waals surface area contributed by atoms with Crippen LogP contribution in [0, 0.1) is 5.92 Å². The molecule has 0 radical (unpaired) electrons. The van der Waals surface area contributed by atoms with E-state index < -0.39 is 0 Å². The van der Waals surface area contributed by atoms with Crippen LogP contribution in [0.3, 0.4) is 0 Å². The first-order chi connectivity index (χ1) is 7.81. The zero-order valence-corrected chi connectivity index (χ0v) is 12.1. The Bertz CT molecular complexity index is 117. The zero-order chi connectivity index (χ0) is 12.1. The van der Waals surface area contributed by atoms with Crippen LogP contribution in [-0.4, -0.2) is 0 Å². The molecule has 0 fully saturated rings. The Morgan fingerprint density at radius 1 is 0.562 bits per heavy atom. The minimum absolute atomic E-state index is 0.974. The number of hydrogen-bond acceptors (Lipinski definition) is 0. The Kier molecular flexibility index (Phi) is 13.1. The Morgan fingerprint density at radius 3 is 1.50 bits per heavy atom. The monoisotopic (exact) mass is 226 g/mol. The zero-order valence-electron chi connectivity index (χ0n) is 12.1. The molecular weight excluding hydrogens is 192 g/mol. The molecule has 0 unspecified atom stereocenters. The molecule has 1 atom stereocenters. The molecule has 0 bridgehead atoms. The third kappa shape index (κ3) is 12.1. The second-order valence-corrected chi connectivity index (χ2v) is 5.51. The normalized spacial score (nSPS) is 12.9. The summed E-state index contributed by atoms with van der Waals surface area (Å²) >= 11 is 0.